The van der Waals surface area contributed by atoms with Crippen LogP contribution in [0.1, 0.15) is 32.3 Å². The minimum absolute atomic E-state index is 0.0304. The van der Waals surface area contributed by atoms with Crippen molar-refractivity contribution in [3.8, 4) is 0 Å². The van der Waals surface area contributed by atoms with E-state index in [2.05, 4.69) is 0 Å². The molecule has 0 aliphatic carbocycles. The molecule has 0 saturated carbocycles. The average molecular weight is 264 g/mol. The van der Waals surface area contributed by atoms with E-state index < -0.39 is 4.92 Å². The zero-order chi connectivity index (χ0) is 14.3. The quantitative estimate of drug-likeness (QED) is 0.562. The summed E-state index contributed by atoms with van der Waals surface area (Å²) in [7, 11) is 0. The number of non-ortho nitro benzene ring substituents is 1. The van der Waals surface area contributed by atoms with E-state index in [1.807, 2.05) is 18.7 Å². The van der Waals surface area contributed by atoms with Crippen molar-refractivity contribution in [2.24, 2.45) is 0 Å². The van der Waals surface area contributed by atoms with Crippen molar-refractivity contribution in [3.05, 3.63) is 39.9 Å². The van der Waals surface area contributed by atoms with Crippen LogP contribution in [0.15, 0.2) is 24.3 Å². The predicted octanol–water partition coefficient (Wildman–Crippen LogP) is 2.79. The summed E-state index contributed by atoms with van der Waals surface area (Å²) >= 11 is 0. The molecule has 0 atom stereocenters. The summed E-state index contributed by atoms with van der Waals surface area (Å²) in [6.07, 6.45) is 2.06. The van der Waals surface area contributed by atoms with Gasteiger partial charge < -0.3 is 4.90 Å². The van der Waals surface area contributed by atoms with Crippen LogP contribution in [-0.2, 0) is 11.2 Å². The molecule has 0 unspecified atom stereocenters. The van der Waals surface area contributed by atoms with Crippen LogP contribution < -0.4 is 0 Å². The van der Waals surface area contributed by atoms with Gasteiger partial charge in [0.05, 0.1) is 11.3 Å². The Labute approximate surface area is 113 Å². The SMILES string of the molecule is CCCN(CCC)C(=O)Cc1cccc([N+](=O)[O-])c1. The number of hydrogen-bond donors (Lipinski definition) is 0. The Hall–Kier alpha value is -1.91. The van der Waals surface area contributed by atoms with E-state index in [0.29, 0.717) is 5.56 Å². The van der Waals surface area contributed by atoms with E-state index in [0.717, 1.165) is 25.9 Å². The minimum Gasteiger partial charge on any atom is -0.342 e. The second kappa shape index (κ2) is 7.51. The first-order valence-electron chi connectivity index (χ1n) is 6.59. The second-order valence-electron chi connectivity index (χ2n) is 4.48. The summed E-state index contributed by atoms with van der Waals surface area (Å²) < 4.78 is 0. The molecule has 1 amide bonds. The van der Waals surface area contributed by atoms with Gasteiger partial charge in [-0.2, -0.15) is 0 Å². The van der Waals surface area contributed by atoms with E-state index in [9.17, 15) is 14.9 Å². The number of rotatable bonds is 7. The van der Waals surface area contributed by atoms with Crippen LogP contribution in [0.5, 0.6) is 0 Å². The van der Waals surface area contributed by atoms with Crippen LogP contribution in [0.25, 0.3) is 0 Å². The molecule has 0 N–H and O–H groups in total. The number of amides is 1. The Morgan fingerprint density at radius 1 is 1.26 bits per heavy atom. The highest BCUT2D eigenvalue weighted by Crippen LogP contribution is 2.14. The van der Waals surface area contributed by atoms with Gasteiger partial charge in [0.15, 0.2) is 0 Å². The van der Waals surface area contributed by atoms with Gasteiger partial charge in [-0.1, -0.05) is 26.0 Å². The van der Waals surface area contributed by atoms with Crippen molar-refractivity contribution < 1.29 is 9.72 Å². The normalized spacial score (nSPS) is 10.2. The topological polar surface area (TPSA) is 63.5 Å². The molecule has 0 heterocycles. The number of nitrogens with zero attached hydrogens (tertiary/aromatic N) is 2. The fourth-order valence-electron chi connectivity index (χ4n) is 1.97. The lowest BCUT2D eigenvalue weighted by molar-refractivity contribution is -0.384. The molecule has 5 nitrogen and oxygen atoms in total. The molecule has 19 heavy (non-hydrogen) atoms. The third-order valence-electron chi connectivity index (χ3n) is 2.82. The smallest absolute Gasteiger partial charge is 0.269 e. The molecule has 0 bridgehead atoms. The molecule has 0 spiro atoms. The van der Waals surface area contributed by atoms with Gasteiger partial charge in [-0.3, -0.25) is 14.9 Å². The van der Waals surface area contributed by atoms with Crippen molar-refractivity contribution in [2.75, 3.05) is 13.1 Å². The third-order valence-corrected chi connectivity index (χ3v) is 2.82. The monoisotopic (exact) mass is 264 g/mol. The molecule has 0 aliphatic rings. The zero-order valence-electron chi connectivity index (χ0n) is 11.5. The van der Waals surface area contributed by atoms with E-state index in [4.69, 9.17) is 0 Å². The molecular weight excluding hydrogens is 244 g/mol. The van der Waals surface area contributed by atoms with Crippen LogP contribution in [-0.4, -0.2) is 28.8 Å². The first-order chi connectivity index (χ1) is 9.08. The zero-order valence-corrected chi connectivity index (χ0v) is 11.5. The first-order valence-corrected chi connectivity index (χ1v) is 6.59. The Morgan fingerprint density at radius 3 is 2.42 bits per heavy atom. The highest BCUT2D eigenvalue weighted by atomic mass is 16.6. The number of hydrogen-bond acceptors (Lipinski definition) is 3. The Kier molecular flexibility index (Phi) is 5.99. The Morgan fingerprint density at radius 2 is 1.89 bits per heavy atom. The van der Waals surface area contributed by atoms with Crippen molar-refractivity contribution in [1.29, 1.82) is 0 Å². The van der Waals surface area contributed by atoms with Gasteiger partial charge in [0.1, 0.15) is 0 Å². The maximum Gasteiger partial charge on any atom is 0.269 e. The lowest BCUT2D eigenvalue weighted by Crippen LogP contribution is -2.33. The molecular formula is C14H20N2O3. The maximum absolute atomic E-state index is 12.1. The number of nitro benzene ring substituents is 1. The number of carbonyl (C=O) groups excluding carboxylic acids is 1. The lowest BCUT2D eigenvalue weighted by Gasteiger charge is -2.21. The van der Waals surface area contributed by atoms with Crippen LogP contribution in [0, 0.1) is 10.1 Å². The van der Waals surface area contributed by atoms with Gasteiger partial charge in [-0.25, -0.2) is 0 Å². The van der Waals surface area contributed by atoms with Gasteiger partial charge in [0, 0.05) is 25.2 Å². The van der Waals surface area contributed by atoms with Gasteiger partial charge in [0.2, 0.25) is 5.91 Å². The largest absolute Gasteiger partial charge is 0.342 e. The maximum atomic E-state index is 12.1. The predicted molar refractivity (Wildman–Crippen MR) is 74.0 cm³/mol. The Balaban J connectivity index is 2.74. The van der Waals surface area contributed by atoms with Gasteiger partial charge in [-0.15, -0.1) is 0 Å². The summed E-state index contributed by atoms with van der Waals surface area (Å²) in [4.78, 5) is 24.2. The van der Waals surface area contributed by atoms with Gasteiger partial charge >= 0.3 is 0 Å². The fourth-order valence-corrected chi connectivity index (χ4v) is 1.97. The van der Waals surface area contributed by atoms with Crippen LogP contribution in [0.3, 0.4) is 0 Å². The molecule has 0 saturated heterocycles. The highest BCUT2D eigenvalue weighted by molar-refractivity contribution is 5.79. The van der Waals surface area contributed by atoms with Gasteiger partial charge in [0.25, 0.3) is 5.69 Å². The molecule has 0 fully saturated rings. The summed E-state index contributed by atoms with van der Waals surface area (Å²) in [5.74, 6) is 0.0317. The molecule has 1 aromatic carbocycles. The average Bonchev–Trinajstić information content (AvgIpc) is 2.38. The minimum atomic E-state index is -0.441. The van der Waals surface area contributed by atoms with Crippen LogP contribution >= 0.6 is 0 Å². The molecule has 0 aromatic heterocycles. The van der Waals surface area contributed by atoms with Crippen molar-refractivity contribution in [1.82, 2.24) is 4.90 Å². The first kappa shape index (κ1) is 15.1. The number of benzene rings is 1. The fraction of sp³-hybridized carbons (Fsp3) is 0.500. The molecule has 5 heteroatoms. The van der Waals surface area contributed by atoms with Crippen molar-refractivity contribution >= 4 is 11.6 Å². The number of carbonyl (C=O) groups is 1. The molecule has 104 valence electrons. The number of nitro groups is 1. The third kappa shape index (κ3) is 4.69. The molecule has 0 aliphatic heterocycles. The van der Waals surface area contributed by atoms with Crippen molar-refractivity contribution in [2.45, 2.75) is 33.1 Å². The molecule has 0 radical (unpaired) electrons. The summed E-state index contributed by atoms with van der Waals surface area (Å²) in [6.45, 7) is 5.54. The van der Waals surface area contributed by atoms with Crippen LogP contribution in [0.4, 0.5) is 5.69 Å². The van der Waals surface area contributed by atoms with Crippen LogP contribution in [0.2, 0.25) is 0 Å². The van der Waals surface area contributed by atoms with E-state index in [-0.39, 0.29) is 18.0 Å². The summed E-state index contributed by atoms with van der Waals surface area (Å²) in [5.41, 5.74) is 0.722. The lowest BCUT2D eigenvalue weighted by atomic mass is 10.1. The van der Waals surface area contributed by atoms with E-state index in [1.54, 1.807) is 12.1 Å². The summed E-state index contributed by atoms with van der Waals surface area (Å²) in [5, 5.41) is 10.7. The van der Waals surface area contributed by atoms with E-state index in [1.165, 1.54) is 12.1 Å². The Bertz CT molecular complexity index is 440. The van der Waals surface area contributed by atoms with Gasteiger partial charge in [-0.05, 0) is 18.4 Å². The highest BCUT2D eigenvalue weighted by Gasteiger charge is 2.14. The molecule has 1 rings (SSSR count). The second-order valence-corrected chi connectivity index (χ2v) is 4.48. The van der Waals surface area contributed by atoms with Crippen molar-refractivity contribution in [3.63, 3.8) is 0 Å². The molecule has 1 aromatic rings. The van der Waals surface area contributed by atoms with E-state index >= 15 is 0 Å². The standard InChI is InChI=1S/C14H20N2O3/c1-3-8-15(9-4-2)14(17)11-12-6-5-7-13(10-12)16(18)19/h5-7,10H,3-4,8-9,11H2,1-2H3. The summed E-state index contributed by atoms with van der Waals surface area (Å²) in [6, 6.07) is 6.27.